The van der Waals surface area contributed by atoms with E-state index in [-0.39, 0.29) is 0 Å². The fraction of sp³-hybridized carbons (Fsp3) is 0.0385. The molecule has 5 heteroatoms. The number of anilines is 3. The van der Waals surface area contributed by atoms with E-state index in [1.54, 1.807) is 18.9 Å². The highest BCUT2D eigenvalue weighted by atomic mass is 32.2. The third-order valence-electron chi connectivity index (χ3n) is 5.28. The number of hydrogen-bond donors (Lipinski definition) is 1. The Labute approximate surface area is 185 Å². The van der Waals surface area contributed by atoms with Gasteiger partial charge in [0.25, 0.3) is 0 Å². The quantitative estimate of drug-likeness (QED) is 0.195. The number of para-hydroxylation sites is 1. The van der Waals surface area contributed by atoms with Crippen molar-refractivity contribution >= 4 is 34.5 Å². The zero-order valence-corrected chi connectivity index (χ0v) is 17.7. The molecule has 0 radical (unpaired) electrons. The third-order valence-corrected chi connectivity index (χ3v) is 6.39. The lowest BCUT2D eigenvalue weighted by Crippen LogP contribution is -2.15. The number of methoxy groups -OCH3 is 1. The molecule has 0 amide bonds. The van der Waals surface area contributed by atoms with Crippen molar-refractivity contribution in [3.63, 3.8) is 0 Å². The largest absolute Gasteiger partial charge is 0.497 e. The summed E-state index contributed by atoms with van der Waals surface area (Å²) >= 11 is 1.72. The topological polar surface area (TPSA) is 45.1 Å². The summed E-state index contributed by atoms with van der Waals surface area (Å²) in [4.78, 5) is 4.53. The number of fused-ring (bicyclic) bond motifs is 2. The number of oxime groups is 1. The SMILES string of the molecule is COc1ccc(N2c3ccccc3Sc3cc(C(=NO)c4ccccc4)ccc32)cc1. The van der Waals surface area contributed by atoms with Gasteiger partial charge >= 0.3 is 0 Å². The van der Waals surface area contributed by atoms with Crippen LogP contribution in [0, 0.1) is 0 Å². The summed E-state index contributed by atoms with van der Waals surface area (Å²) < 4.78 is 5.33. The van der Waals surface area contributed by atoms with Crippen molar-refractivity contribution in [1.82, 2.24) is 0 Å². The van der Waals surface area contributed by atoms with Gasteiger partial charge in [0.15, 0.2) is 0 Å². The van der Waals surface area contributed by atoms with E-state index in [0.29, 0.717) is 5.71 Å². The van der Waals surface area contributed by atoms with Gasteiger partial charge in [-0.25, -0.2) is 0 Å². The second-order valence-electron chi connectivity index (χ2n) is 7.10. The molecule has 0 aromatic heterocycles. The molecule has 4 aromatic rings. The van der Waals surface area contributed by atoms with Crippen molar-refractivity contribution in [3.05, 3.63) is 108 Å². The van der Waals surface area contributed by atoms with Crippen LogP contribution in [0.5, 0.6) is 5.75 Å². The zero-order valence-electron chi connectivity index (χ0n) is 16.9. The summed E-state index contributed by atoms with van der Waals surface area (Å²) in [5.74, 6) is 0.825. The summed E-state index contributed by atoms with van der Waals surface area (Å²) in [5.41, 5.74) is 5.58. The molecule has 0 aliphatic carbocycles. The molecule has 5 rings (SSSR count). The van der Waals surface area contributed by atoms with Gasteiger partial charge in [-0.3, -0.25) is 0 Å². The highest BCUT2D eigenvalue weighted by Gasteiger charge is 2.25. The first-order valence-corrected chi connectivity index (χ1v) is 10.7. The van der Waals surface area contributed by atoms with Crippen LogP contribution in [0.3, 0.4) is 0 Å². The summed E-state index contributed by atoms with van der Waals surface area (Å²) in [6.07, 6.45) is 0. The number of rotatable bonds is 4. The van der Waals surface area contributed by atoms with E-state index >= 15 is 0 Å². The van der Waals surface area contributed by atoms with Crippen LogP contribution < -0.4 is 9.64 Å². The molecule has 0 fully saturated rings. The van der Waals surface area contributed by atoms with Crippen molar-refractivity contribution in [3.8, 4) is 5.75 Å². The Morgan fingerprint density at radius 3 is 2.23 bits per heavy atom. The molecule has 31 heavy (non-hydrogen) atoms. The Morgan fingerprint density at radius 1 is 0.774 bits per heavy atom. The molecular formula is C26H20N2O2S. The molecule has 4 aromatic carbocycles. The highest BCUT2D eigenvalue weighted by molar-refractivity contribution is 7.99. The van der Waals surface area contributed by atoms with Crippen molar-refractivity contribution in [2.75, 3.05) is 12.0 Å². The van der Waals surface area contributed by atoms with Crippen LogP contribution in [0.1, 0.15) is 11.1 Å². The average molecular weight is 425 g/mol. The third kappa shape index (κ3) is 3.53. The fourth-order valence-corrected chi connectivity index (χ4v) is 4.89. The van der Waals surface area contributed by atoms with Crippen LogP contribution in [0.15, 0.2) is 112 Å². The van der Waals surface area contributed by atoms with E-state index in [0.717, 1.165) is 38.8 Å². The molecule has 1 N–H and O–H groups in total. The van der Waals surface area contributed by atoms with Crippen molar-refractivity contribution in [2.45, 2.75) is 9.79 Å². The smallest absolute Gasteiger partial charge is 0.119 e. The minimum Gasteiger partial charge on any atom is -0.497 e. The molecule has 0 bridgehead atoms. The normalized spacial score (nSPS) is 12.8. The molecular weight excluding hydrogens is 404 g/mol. The van der Waals surface area contributed by atoms with E-state index < -0.39 is 0 Å². The van der Waals surface area contributed by atoms with E-state index in [1.165, 1.54) is 4.90 Å². The summed E-state index contributed by atoms with van der Waals surface area (Å²) in [6.45, 7) is 0. The predicted molar refractivity (Wildman–Crippen MR) is 126 cm³/mol. The maximum absolute atomic E-state index is 9.73. The van der Waals surface area contributed by atoms with Gasteiger partial charge in [-0.05, 0) is 48.5 Å². The van der Waals surface area contributed by atoms with Gasteiger partial charge in [0, 0.05) is 26.6 Å². The van der Waals surface area contributed by atoms with Gasteiger partial charge in [0.05, 0.1) is 18.5 Å². The van der Waals surface area contributed by atoms with Crippen LogP contribution >= 0.6 is 11.8 Å². The second kappa shape index (κ2) is 8.20. The Kier molecular flexibility index (Phi) is 5.10. The van der Waals surface area contributed by atoms with Crippen molar-refractivity contribution in [2.24, 2.45) is 5.16 Å². The number of benzene rings is 4. The first-order chi connectivity index (χ1) is 15.3. The van der Waals surface area contributed by atoms with Gasteiger partial charge in [0.1, 0.15) is 11.5 Å². The molecule has 0 spiro atoms. The zero-order chi connectivity index (χ0) is 21.2. The van der Waals surface area contributed by atoms with Crippen molar-refractivity contribution < 1.29 is 9.94 Å². The molecule has 0 unspecified atom stereocenters. The van der Waals surface area contributed by atoms with Gasteiger partial charge in [-0.1, -0.05) is 65.4 Å². The number of hydrogen-bond acceptors (Lipinski definition) is 5. The van der Waals surface area contributed by atoms with Crippen LogP contribution in [0.2, 0.25) is 0 Å². The Bertz CT molecular complexity index is 1250. The lowest BCUT2D eigenvalue weighted by atomic mass is 10.0. The summed E-state index contributed by atoms with van der Waals surface area (Å²) in [6, 6.07) is 32.3. The molecule has 1 aliphatic heterocycles. The lowest BCUT2D eigenvalue weighted by molar-refractivity contribution is 0.319. The Hall–Kier alpha value is -3.70. The molecule has 0 saturated carbocycles. The van der Waals surface area contributed by atoms with Gasteiger partial charge in [0.2, 0.25) is 0 Å². The summed E-state index contributed by atoms with van der Waals surface area (Å²) in [7, 11) is 1.67. The van der Waals surface area contributed by atoms with Gasteiger partial charge < -0.3 is 14.8 Å². The van der Waals surface area contributed by atoms with E-state index in [1.807, 2.05) is 48.5 Å². The molecule has 1 aliphatic rings. The minimum atomic E-state index is 0.554. The molecule has 152 valence electrons. The first kappa shape index (κ1) is 19.3. The van der Waals surface area contributed by atoms with Crippen LogP contribution in [0.4, 0.5) is 17.1 Å². The lowest BCUT2D eigenvalue weighted by Gasteiger charge is -2.33. The van der Waals surface area contributed by atoms with Crippen molar-refractivity contribution in [1.29, 1.82) is 0 Å². The summed E-state index contributed by atoms with van der Waals surface area (Å²) in [5, 5.41) is 13.3. The second-order valence-corrected chi connectivity index (χ2v) is 8.18. The maximum atomic E-state index is 9.73. The molecule has 0 saturated heterocycles. The van der Waals surface area contributed by atoms with Gasteiger partial charge in [-0.2, -0.15) is 0 Å². The molecule has 0 atom stereocenters. The number of nitrogens with zero attached hydrogens (tertiary/aromatic N) is 2. The fourth-order valence-electron chi connectivity index (χ4n) is 3.79. The average Bonchev–Trinajstić information content (AvgIpc) is 2.84. The predicted octanol–water partition coefficient (Wildman–Crippen LogP) is 6.86. The Morgan fingerprint density at radius 2 is 1.48 bits per heavy atom. The van der Waals surface area contributed by atoms with Crippen LogP contribution in [0.25, 0.3) is 0 Å². The standard InChI is InChI=1S/C26H20N2O2S/c1-30-21-14-12-20(13-15-21)28-22-9-5-6-10-24(22)31-25-17-19(11-16-23(25)28)26(27-29)18-7-3-2-4-8-18/h2-17,29H,1H3. The van der Waals surface area contributed by atoms with E-state index in [9.17, 15) is 5.21 Å². The van der Waals surface area contributed by atoms with Gasteiger partial charge in [-0.15, -0.1) is 0 Å². The number of ether oxygens (including phenoxy) is 1. The minimum absolute atomic E-state index is 0.554. The van der Waals surface area contributed by atoms with E-state index in [2.05, 4.69) is 58.6 Å². The van der Waals surface area contributed by atoms with Crippen LogP contribution in [-0.4, -0.2) is 18.0 Å². The highest BCUT2D eigenvalue weighted by Crippen LogP contribution is 2.51. The Balaban J connectivity index is 1.63. The molecule has 1 heterocycles. The monoisotopic (exact) mass is 424 g/mol. The van der Waals surface area contributed by atoms with E-state index in [4.69, 9.17) is 4.74 Å². The molecule has 4 nitrogen and oxygen atoms in total. The maximum Gasteiger partial charge on any atom is 0.119 e. The van der Waals surface area contributed by atoms with Crippen LogP contribution in [-0.2, 0) is 0 Å². The first-order valence-electron chi connectivity index (χ1n) is 9.91.